The van der Waals surface area contributed by atoms with E-state index < -0.39 is 11.1 Å². The summed E-state index contributed by atoms with van der Waals surface area (Å²) in [6.45, 7) is 7.21. The number of hydrogen-bond acceptors (Lipinski definition) is 6. The fourth-order valence-corrected chi connectivity index (χ4v) is 3.20. The van der Waals surface area contributed by atoms with Crippen LogP contribution in [0.15, 0.2) is 36.4 Å². The Morgan fingerprint density at radius 3 is 2.54 bits per heavy atom. The van der Waals surface area contributed by atoms with Crippen molar-refractivity contribution in [3.63, 3.8) is 0 Å². The maximum Gasteiger partial charge on any atom is 0.311 e. The molecule has 1 aromatic heterocycles. The SMILES string of the molecule is CC(C)(C)Nc1ccc([N+](=O)[O-])c(Nc2ccc(N3CCCC(F)C3)cc2)n1. The van der Waals surface area contributed by atoms with Crippen molar-refractivity contribution >= 4 is 28.7 Å². The highest BCUT2D eigenvalue weighted by Gasteiger charge is 2.20. The predicted octanol–water partition coefficient (Wildman–Crippen LogP) is 4.88. The van der Waals surface area contributed by atoms with Crippen LogP contribution in [0.4, 0.5) is 33.1 Å². The first kappa shape index (κ1) is 19.9. The topological polar surface area (TPSA) is 83.3 Å². The van der Waals surface area contributed by atoms with Gasteiger partial charge in [0.25, 0.3) is 0 Å². The van der Waals surface area contributed by atoms with Crippen molar-refractivity contribution in [3.05, 3.63) is 46.5 Å². The van der Waals surface area contributed by atoms with Crippen LogP contribution in [0.3, 0.4) is 0 Å². The Hall–Kier alpha value is -2.90. The zero-order chi connectivity index (χ0) is 20.3. The summed E-state index contributed by atoms with van der Waals surface area (Å²) in [6, 6.07) is 10.5. The highest BCUT2D eigenvalue weighted by Crippen LogP contribution is 2.29. The minimum absolute atomic E-state index is 0.0974. The van der Waals surface area contributed by atoms with E-state index in [9.17, 15) is 14.5 Å². The number of halogens is 1. The predicted molar refractivity (Wildman–Crippen MR) is 110 cm³/mol. The van der Waals surface area contributed by atoms with Crippen molar-refractivity contribution < 1.29 is 9.31 Å². The molecule has 1 aromatic carbocycles. The van der Waals surface area contributed by atoms with Gasteiger partial charge in [0.1, 0.15) is 12.0 Å². The minimum atomic E-state index is -0.795. The molecule has 1 aliphatic heterocycles. The van der Waals surface area contributed by atoms with Gasteiger partial charge in [0.15, 0.2) is 0 Å². The molecule has 2 aromatic rings. The van der Waals surface area contributed by atoms with E-state index in [-0.39, 0.29) is 17.0 Å². The number of nitrogens with zero attached hydrogens (tertiary/aromatic N) is 3. The maximum absolute atomic E-state index is 13.6. The highest BCUT2D eigenvalue weighted by atomic mass is 19.1. The Labute approximate surface area is 164 Å². The minimum Gasteiger partial charge on any atom is -0.369 e. The molecule has 0 radical (unpaired) electrons. The van der Waals surface area contributed by atoms with E-state index in [1.165, 1.54) is 6.07 Å². The second-order valence-corrected chi connectivity index (χ2v) is 8.05. The van der Waals surface area contributed by atoms with E-state index in [0.29, 0.717) is 24.5 Å². The molecule has 150 valence electrons. The molecule has 7 nitrogen and oxygen atoms in total. The first-order valence-electron chi connectivity index (χ1n) is 9.41. The van der Waals surface area contributed by atoms with Crippen LogP contribution in [0.1, 0.15) is 33.6 Å². The second-order valence-electron chi connectivity index (χ2n) is 8.05. The lowest BCUT2D eigenvalue weighted by atomic mass is 10.1. The van der Waals surface area contributed by atoms with Crippen LogP contribution in [-0.4, -0.2) is 34.7 Å². The van der Waals surface area contributed by atoms with E-state index in [4.69, 9.17) is 0 Å². The van der Waals surface area contributed by atoms with Gasteiger partial charge in [-0.2, -0.15) is 0 Å². The summed E-state index contributed by atoms with van der Waals surface area (Å²) in [5, 5.41) is 17.6. The number of alkyl halides is 1. The van der Waals surface area contributed by atoms with Gasteiger partial charge in [0.05, 0.1) is 4.92 Å². The van der Waals surface area contributed by atoms with Gasteiger partial charge in [-0.05, 0) is 63.9 Å². The Morgan fingerprint density at radius 1 is 1.21 bits per heavy atom. The molecule has 0 bridgehead atoms. The molecule has 2 N–H and O–H groups in total. The smallest absolute Gasteiger partial charge is 0.311 e. The largest absolute Gasteiger partial charge is 0.369 e. The summed E-state index contributed by atoms with van der Waals surface area (Å²) in [6.07, 6.45) is 0.659. The fraction of sp³-hybridized carbons (Fsp3) is 0.450. The van der Waals surface area contributed by atoms with Crippen molar-refractivity contribution in [2.75, 3.05) is 28.6 Å². The summed E-state index contributed by atoms with van der Waals surface area (Å²) in [4.78, 5) is 17.3. The summed E-state index contributed by atoms with van der Waals surface area (Å²) in [5.41, 5.74) is 1.31. The zero-order valence-corrected chi connectivity index (χ0v) is 16.4. The summed E-state index contributed by atoms with van der Waals surface area (Å²) in [5.74, 6) is 0.730. The first-order valence-corrected chi connectivity index (χ1v) is 9.41. The van der Waals surface area contributed by atoms with E-state index in [0.717, 1.165) is 18.7 Å². The van der Waals surface area contributed by atoms with Gasteiger partial charge < -0.3 is 15.5 Å². The molecule has 1 atom stereocenters. The Bertz CT molecular complexity index is 835. The fourth-order valence-electron chi connectivity index (χ4n) is 3.20. The number of hydrogen-bond donors (Lipinski definition) is 2. The number of benzene rings is 1. The molecule has 28 heavy (non-hydrogen) atoms. The van der Waals surface area contributed by atoms with Gasteiger partial charge in [0.2, 0.25) is 5.82 Å². The van der Waals surface area contributed by atoms with Gasteiger partial charge >= 0.3 is 5.69 Å². The maximum atomic E-state index is 13.6. The van der Waals surface area contributed by atoms with Crippen LogP contribution < -0.4 is 15.5 Å². The van der Waals surface area contributed by atoms with Crippen LogP contribution in [0, 0.1) is 10.1 Å². The second kappa shape index (κ2) is 8.00. The molecule has 2 heterocycles. The van der Waals surface area contributed by atoms with Crippen molar-refractivity contribution in [1.29, 1.82) is 0 Å². The average molecular weight is 387 g/mol. The number of nitrogens with one attached hydrogen (secondary N) is 2. The molecule has 1 saturated heterocycles. The van der Waals surface area contributed by atoms with Gasteiger partial charge in [-0.15, -0.1) is 0 Å². The average Bonchev–Trinajstić information content (AvgIpc) is 2.61. The third-order valence-electron chi connectivity index (χ3n) is 4.43. The van der Waals surface area contributed by atoms with Crippen molar-refractivity contribution in [1.82, 2.24) is 4.98 Å². The Kier molecular flexibility index (Phi) is 5.67. The lowest BCUT2D eigenvalue weighted by molar-refractivity contribution is -0.384. The van der Waals surface area contributed by atoms with Crippen LogP contribution in [-0.2, 0) is 0 Å². The first-order chi connectivity index (χ1) is 13.2. The molecule has 0 saturated carbocycles. The van der Waals surface area contributed by atoms with Crippen molar-refractivity contribution in [3.8, 4) is 0 Å². The highest BCUT2D eigenvalue weighted by molar-refractivity contribution is 5.69. The molecule has 3 rings (SSSR count). The number of aromatic nitrogens is 1. The summed E-state index contributed by atoms with van der Waals surface area (Å²) < 4.78 is 13.6. The van der Waals surface area contributed by atoms with Crippen molar-refractivity contribution in [2.45, 2.75) is 45.3 Å². The lowest BCUT2D eigenvalue weighted by Gasteiger charge is -2.31. The van der Waals surface area contributed by atoms with Gasteiger partial charge in [-0.25, -0.2) is 9.37 Å². The third-order valence-corrected chi connectivity index (χ3v) is 4.43. The number of piperidine rings is 1. The molecular weight excluding hydrogens is 361 g/mol. The molecule has 8 heteroatoms. The van der Waals surface area contributed by atoms with Crippen molar-refractivity contribution in [2.24, 2.45) is 0 Å². The molecule has 1 aliphatic rings. The summed E-state index contributed by atoms with van der Waals surface area (Å²) in [7, 11) is 0. The monoisotopic (exact) mass is 387 g/mol. The molecule has 0 aliphatic carbocycles. The number of rotatable bonds is 5. The van der Waals surface area contributed by atoms with Crippen LogP contribution in [0.25, 0.3) is 0 Å². The lowest BCUT2D eigenvalue weighted by Crippen LogP contribution is -2.36. The van der Waals surface area contributed by atoms with Gasteiger partial charge in [0, 0.05) is 36.1 Å². The van der Waals surface area contributed by atoms with E-state index in [2.05, 4.69) is 15.6 Å². The Morgan fingerprint density at radius 2 is 1.93 bits per heavy atom. The zero-order valence-electron chi connectivity index (χ0n) is 16.4. The normalized spacial score (nSPS) is 17.3. The molecular formula is C20H26FN5O2. The van der Waals surface area contributed by atoms with Crippen LogP contribution in [0.2, 0.25) is 0 Å². The van der Waals surface area contributed by atoms with Crippen LogP contribution in [0.5, 0.6) is 0 Å². The third kappa shape index (κ3) is 5.09. The Balaban J connectivity index is 1.79. The summed E-state index contributed by atoms with van der Waals surface area (Å²) >= 11 is 0. The molecule has 0 spiro atoms. The standard InChI is InChI=1S/C20H26FN5O2/c1-20(2,3)24-18-11-10-17(26(27)28)19(23-18)22-15-6-8-16(9-7-15)25-12-4-5-14(21)13-25/h6-11,14H,4-5,12-13H2,1-3H3,(H2,22,23,24). The van der Waals surface area contributed by atoms with Gasteiger partial charge in [-0.3, -0.25) is 10.1 Å². The number of pyridine rings is 1. The molecule has 1 unspecified atom stereocenters. The van der Waals surface area contributed by atoms with Crippen LogP contribution >= 0.6 is 0 Å². The van der Waals surface area contributed by atoms with E-state index in [1.807, 2.05) is 49.9 Å². The van der Waals surface area contributed by atoms with E-state index in [1.54, 1.807) is 6.07 Å². The molecule has 1 fully saturated rings. The molecule has 0 amide bonds. The quantitative estimate of drug-likeness (QED) is 0.562. The number of nitro groups is 1. The van der Waals surface area contributed by atoms with Gasteiger partial charge in [-0.1, -0.05) is 0 Å². The number of anilines is 4. The van der Waals surface area contributed by atoms with E-state index >= 15 is 0 Å².